The average molecular weight is 517 g/mol. The van der Waals surface area contributed by atoms with Crippen LogP contribution in [-0.2, 0) is 21.4 Å². The summed E-state index contributed by atoms with van der Waals surface area (Å²) in [7, 11) is -3.67. The van der Waals surface area contributed by atoms with Gasteiger partial charge in [0, 0.05) is 16.7 Å². The lowest BCUT2D eigenvalue weighted by Crippen LogP contribution is -2.23. The number of halogens is 1. The van der Waals surface area contributed by atoms with Gasteiger partial charge in [0.15, 0.2) is 6.61 Å². The van der Waals surface area contributed by atoms with Crippen molar-refractivity contribution in [3.8, 4) is 5.75 Å². The van der Waals surface area contributed by atoms with Crippen LogP contribution in [0.15, 0.2) is 70.0 Å². The highest BCUT2D eigenvalue weighted by Gasteiger charge is 2.16. The van der Waals surface area contributed by atoms with Gasteiger partial charge in [-0.15, -0.1) is 0 Å². The van der Waals surface area contributed by atoms with E-state index in [2.05, 4.69) is 26.0 Å². The third-order valence-electron chi connectivity index (χ3n) is 4.89. The van der Waals surface area contributed by atoms with E-state index in [1.807, 2.05) is 56.3 Å². The summed E-state index contributed by atoms with van der Waals surface area (Å²) in [6.07, 6.45) is 0. The number of ether oxygens (including phenoxy) is 1. The molecule has 0 saturated heterocycles. The monoisotopic (exact) mass is 516 g/mol. The minimum Gasteiger partial charge on any atom is -0.483 e. The Balaban J connectivity index is 1.62. The van der Waals surface area contributed by atoms with Crippen molar-refractivity contribution < 1.29 is 17.9 Å². The predicted molar refractivity (Wildman–Crippen MR) is 129 cm³/mol. The van der Waals surface area contributed by atoms with Crippen LogP contribution in [0.4, 0.5) is 5.69 Å². The molecule has 0 saturated carbocycles. The molecule has 0 aliphatic heterocycles. The highest BCUT2D eigenvalue weighted by atomic mass is 79.9. The van der Waals surface area contributed by atoms with Gasteiger partial charge >= 0.3 is 0 Å². The fraction of sp³-hybridized carbons (Fsp3) is 0.208. The molecule has 0 aliphatic carbocycles. The number of amides is 1. The zero-order valence-corrected chi connectivity index (χ0v) is 20.5. The van der Waals surface area contributed by atoms with Crippen LogP contribution in [-0.4, -0.2) is 20.9 Å². The lowest BCUT2D eigenvalue weighted by molar-refractivity contribution is -0.118. The molecule has 32 heavy (non-hydrogen) atoms. The number of hydrogen-bond donors (Lipinski definition) is 2. The maximum absolute atomic E-state index is 12.6. The van der Waals surface area contributed by atoms with Gasteiger partial charge in [-0.05, 0) is 73.4 Å². The Morgan fingerprint density at radius 3 is 2.22 bits per heavy atom. The van der Waals surface area contributed by atoms with Gasteiger partial charge < -0.3 is 10.1 Å². The Bertz CT molecular complexity index is 1200. The molecule has 0 radical (unpaired) electrons. The van der Waals surface area contributed by atoms with Crippen molar-refractivity contribution in [2.45, 2.75) is 32.2 Å². The second-order valence-corrected chi connectivity index (χ2v) is 10.2. The molecule has 3 rings (SSSR count). The van der Waals surface area contributed by atoms with Crippen LogP contribution in [0.3, 0.4) is 0 Å². The van der Waals surface area contributed by atoms with E-state index in [1.54, 1.807) is 13.0 Å². The van der Waals surface area contributed by atoms with Gasteiger partial charge in [0.1, 0.15) is 5.75 Å². The molecule has 0 aliphatic rings. The van der Waals surface area contributed by atoms with Crippen molar-refractivity contribution >= 4 is 37.5 Å². The maximum Gasteiger partial charge on any atom is 0.262 e. The molecule has 3 aromatic rings. The molecular weight excluding hydrogens is 492 g/mol. The average Bonchev–Trinajstić information content (AvgIpc) is 2.74. The Kier molecular flexibility index (Phi) is 7.71. The van der Waals surface area contributed by atoms with Gasteiger partial charge in [-0.25, -0.2) is 13.1 Å². The molecule has 0 fully saturated rings. The van der Waals surface area contributed by atoms with E-state index in [0.29, 0.717) is 11.3 Å². The lowest BCUT2D eigenvalue weighted by atomic mass is 10.1. The summed E-state index contributed by atoms with van der Waals surface area (Å²) in [5, 5.41) is 2.87. The number of aryl methyl sites for hydroxylation is 3. The largest absolute Gasteiger partial charge is 0.483 e. The zero-order valence-electron chi connectivity index (χ0n) is 18.1. The normalized spacial score (nSPS) is 11.2. The van der Waals surface area contributed by atoms with Crippen LogP contribution in [0, 0.1) is 20.8 Å². The van der Waals surface area contributed by atoms with E-state index in [9.17, 15) is 13.2 Å². The van der Waals surface area contributed by atoms with Crippen LogP contribution in [0.25, 0.3) is 0 Å². The smallest absolute Gasteiger partial charge is 0.262 e. The van der Waals surface area contributed by atoms with Crippen LogP contribution in [0.2, 0.25) is 0 Å². The summed E-state index contributed by atoms with van der Waals surface area (Å²) in [6, 6.07) is 17.7. The van der Waals surface area contributed by atoms with Crippen LogP contribution < -0.4 is 14.8 Å². The molecule has 8 heteroatoms. The van der Waals surface area contributed by atoms with Crippen LogP contribution in [0.1, 0.15) is 22.3 Å². The second kappa shape index (κ2) is 10.3. The minimum atomic E-state index is -3.67. The SMILES string of the molecule is Cc1cc(S(=O)(=O)NCc2ccccc2)ccc1OCC(=O)Nc1c(C)cc(Br)cc1C. The number of rotatable bonds is 8. The molecule has 0 unspecified atom stereocenters. The van der Waals surface area contributed by atoms with Gasteiger partial charge in [-0.1, -0.05) is 46.3 Å². The summed E-state index contributed by atoms with van der Waals surface area (Å²) >= 11 is 3.44. The van der Waals surface area contributed by atoms with Gasteiger partial charge in [0.2, 0.25) is 10.0 Å². The Morgan fingerprint density at radius 2 is 1.59 bits per heavy atom. The fourth-order valence-corrected chi connectivity index (χ4v) is 5.02. The Hall–Kier alpha value is -2.68. The Labute approximate surface area is 197 Å². The highest BCUT2D eigenvalue weighted by Crippen LogP contribution is 2.25. The molecule has 1 amide bonds. The zero-order chi connectivity index (χ0) is 23.3. The summed E-state index contributed by atoms with van der Waals surface area (Å²) in [5.41, 5.74) is 4.13. The summed E-state index contributed by atoms with van der Waals surface area (Å²) in [6.45, 7) is 5.60. The molecule has 2 N–H and O–H groups in total. The van der Waals surface area contributed by atoms with E-state index in [4.69, 9.17) is 4.74 Å². The van der Waals surface area contributed by atoms with Crippen molar-refractivity contribution in [2.24, 2.45) is 0 Å². The quantitative estimate of drug-likeness (QED) is 0.447. The van der Waals surface area contributed by atoms with Crippen molar-refractivity contribution in [2.75, 3.05) is 11.9 Å². The number of carbonyl (C=O) groups excluding carboxylic acids is 1. The van der Waals surface area contributed by atoms with Crippen LogP contribution >= 0.6 is 15.9 Å². The summed E-state index contributed by atoms with van der Waals surface area (Å²) < 4.78 is 34.4. The van der Waals surface area contributed by atoms with Crippen LogP contribution in [0.5, 0.6) is 5.75 Å². The molecule has 0 heterocycles. The topological polar surface area (TPSA) is 84.5 Å². The van der Waals surface area contributed by atoms with Crippen molar-refractivity contribution in [3.63, 3.8) is 0 Å². The lowest BCUT2D eigenvalue weighted by Gasteiger charge is -2.14. The maximum atomic E-state index is 12.6. The third-order valence-corrected chi connectivity index (χ3v) is 6.74. The number of benzene rings is 3. The van der Waals surface area contributed by atoms with E-state index in [0.717, 1.165) is 26.9 Å². The van der Waals surface area contributed by atoms with Gasteiger partial charge in [-0.3, -0.25) is 4.79 Å². The first kappa shape index (κ1) is 24.0. The van der Waals surface area contributed by atoms with Gasteiger partial charge in [0.05, 0.1) is 4.90 Å². The Morgan fingerprint density at radius 1 is 0.938 bits per heavy atom. The van der Waals surface area contributed by atoms with E-state index in [1.165, 1.54) is 12.1 Å². The molecule has 0 atom stereocenters. The molecule has 168 valence electrons. The number of nitrogens with one attached hydrogen (secondary N) is 2. The van der Waals surface area contributed by atoms with Gasteiger partial charge in [0.25, 0.3) is 5.91 Å². The third kappa shape index (κ3) is 6.18. The predicted octanol–water partition coefficient (Wildman–Crippen LogP) is 4.87. The summed E-state index contributed by atoms with van der Waals surface area (Å²) in [5.74, 6) is 0.158. The van der Waals surface area contributed by atoms with E-state index in [-0.39, 0.29) is 24.0 Å². The van der Waals surface area contributed by atoms with Crippen molar-refractivity contribution in [1.29, 1.82) is 0 Å². The van der Waals surface area contributed by atoms with E-state index < -0.39 is 10.0 Å². The number of anilines is 1. The molecular formula is C24H25BrN2O4S. The standard InChI is InChI=1S/C24H25BrN2O4S/c1-16-13-21(32(29,30)26-14-19-7-5-4-6-8-19)9-10-22(16)31-15-23(28)27-24-17(2)11-20(25)12-18(24)3/h4-13,26H,14-15H2,1-3H3,(H,27,28). The fourth-order valence-electron chi connectivity index (χ4n) is 3.24. The van der Waals surface area contributed by atoms with Crippen molar-refractivity contribution in [1.82, 2.24) is 4.72 Å². The van der Waals surface area contributed by atoms with Crippen molar-refractivity contribution in [3.05, 3.63) is 87.4 Å². The first-order valence-corrected chi connectivity index (χ1v) is 12.3. The molecule has 6 nitrogen and oxygen atoms in total. The number of hydrogen-bond acceptors (Lipinski definition) is 4. The van der Waals surface area contributed by atoms with E-state index >= 15 is 0 Å². The summed E-state index contributed by atoms with van der Waals surface area (Å²) in [4.78, 5) is 12.5. The molecule has 0 aromatic heterocycles. The highest BCUT2D eigenvalue weighted by molar-refractivity contribution is 9.10. The first-order chi connectivity index (χ1) is 15.2. The molecule has 3 aromatic carbocycles. The minimum absolute atomic E-state index is 0.142. The molecule has 0 spiro atoms. The first-order valence-electron chi connectivity index (χ1n) is 9.99. The second-order valence-electron chi connectivity index (χ2n) is 7.49. The van der Waals surface area contributed by atoms with Gasteiger partial charge in [-0.2, -0.15) is 0 Å². The number of carbonyl (C=O) groups is 1. The number of sulfonamides is 1. The molecule has 0 bridgehead atoms.